The van der Waals surface area contributed by atoms with Gasteiger partial charge in [0.15, 0.2) is 0 Å². The van der Waals surface area contributed by atoms with Gasteiger partial charge < -0.3 is 4.74 Å². The molecular formula is C13H13Cl2NO. The third-order valence-electron chi connectivity index (χ3n) is 2.85. The Morgan fingerprint density at radius 3 is 2.59 bits per heavy atom. The number of benzene rings is 1. The highest BCUT2D eigenvalue weighted by molar-refractivity contribution is 6.37. The molecule has 0 atom stereocenters. The molecule has 0 N–H and O–H groups in total. The lowest BCUT2D eigenvalue weighted by Crippen LogP contribution is -1.95. The number of hydrogen-bond acceptors (Lipinski definition) is 2. The third kappa shape index (κ3) is 2.07. The number of nitrogens with zero attached hydrogens (tertiary/aromatic N) is 1. The van der Waals surface area contributed by atoms with E-state index in [1.807, 2.05) is 19.1 Å². The van der Waals surface area contributed by atoms with Crippen LogP contribution in [-0.2, 0) is 6.42 Å². The van der Waals surface area contributed by atoms with Crippen LogP contribution >= 0.6 is 23.2 Å². The van der Waals surface area contributed by atoms with E-state index in [4.69, 9.17) is 27.9 Å². The van der Waals surface area contributed by atoms with Crippen molar-refractivity contribution in [3.05, 3.63) is 33.4 Å². The van der Waals surface area contributed by atoms with Gasteiger partial charge in [-0.1, -0.05) is 30.1 Å². The number of aromatic nitrogens is 1. The summed E-state index contributed by atoms with van der Waals surface area (Å²) >= 11 is 12.5. The zero-order chi connectivity index (χ0) is 12.6. The molecule has 0 unspecified atom stereocenters. The monoisotopic (exact) mass is 269 g/mol. The van der Waals surface area contributed by atoms with Crippen LogP contribution in [0.5, 0.6) is 5.75 Å². The molecule has 2 rings (SSSR count). The largest absolute Gasteiger partial charge is 0.495 e. The molecule has 0 aliphatic heterocycles. The Kier molecular flexibility index (Phi) is 3.45. The second-order valence-corrected chi connectivity index (χ2v) is 4.63. The van der Waals surface area contributed by atoms with Gasteiger partial charge in [-0.15, -0.1) is 0 Å². The highest BCUT2D eigenvalue weighted by Crippen LogP contribution is 2.35. The van der Waals surface area contributed by atoms with Crippen LogP contribution in [0.15, 0.2) is 12.1 Å². The maximum Gasteiger partial charge on any atom is 0.139 e. The lowest BCUT2D eigenvalue weighted by molar-refractivity contribution is 0.415. The van der Waals surface area contributed by atoms with E-state index in [1.165, 1.54) is 0 Å². The van der Waals surface area contributed by atoms with Crippen molar-refractivity contribution in [3.63, 3.8) is 0 Å². The summed E-state index contributed by atoms with van der Waals surface area (Å²) in [6, 6.07) is 3.62. The fourth-order valence-corrected chi connectivity index (χ4v) is 2.61. The molecule has 1 heterocycles. The van der Waals surface area contributed by atoms with E-state index in [2.05, 4.69) is 11.9 Å². The standard InChI is InChI=1S/C13H13Cl2NO/c1-4-8-7(2)16-11-6-12(17-3)10(14)5-9(11)13(8)15/h5-6H,4H2,1-3H3. The Morgan fingerprint density at radius 1 is 1.29 bits per heavy atom. The second kappa shape index (κ2) is 4.71. The van der Waals surface area contributed by atoms with Gasteiger partial charge in [-0.05, 0) is 25.0 Å². The van der Waals surface area contributed by atoms with Crippen LogP contribution in [0.3, 0.4) is 0 Å². The first-order valence-corrected chi connectivity index (χ1v) is 6.16. The van der Waals surface area contributed by atoms with E-state index in [0.29, 0.717) is 10.8 Å². The molecule has 4 heteroatoms. The molecule has 2 nitrogen and oxygen atoms in total. The lowest BCUT2D eigenvalue weighted by Gasteiger charge is -2.11. The van der Waals surface area contributed by atoms with Gasteiger partial charge in [-0.2, -0.15) is 0 Å². The molecule has 90 valence electrons. The second-order valence-electron chi connectivity index (χ2n) is 3.85. The molecular weight excluding hydrogens is 257 g/mol. The summed E-state index contributed by atoms with van der Waals surface area (Å²) in [6.45, 7) is 4.03. The number of fused-ring (bicyclic) bond motifs is 1. The average molecular weight is 270 g/mol. The van der Waals surface area contributed by atoms with Crippen molar-refractivity contribution < 1.29 is 4.74 Å². The first-order valence-electron chi connectivity index (χ1n) is 5.40. The predicted octanol–water partition coefficient (Wildman–Crippen LogP) is 4.42. The Morgan fingerprint density at radius 2 is 2.00 bits per heavy atom. The Hall–Kier alpha value is -0.990. The van der Waals surface area contributed by atoms with E-state index in [0.717, 1.165) is 33.6 Å². The molecule has 0 radical (unpaired) electrons. The van der Waals surface area contributed by atoms with Crippen molar-refractivity contribution in [3.8, 4) is 5.75 Å². The van der Waals surface area contributed by atoms with Crippen LogP contribution in [0, 0.1) is 6.92 Å². The normalized spacial score (nSPS) is 10.9. The van der Waals surface area contributed by atoms with Crippen LogP contribution in [0.2, 0.25) is 10.0 Å². The van der Waals surface area contributed by atoms with Crippen molar-refractivity contribution in [1.29, 1.82) is 0 Å². The van der Waals surface area contributed by atoms with E-state index in [1.54, 1.807) is 7.11 Å². The van der Waals surface area contributed by atoms with Crippen molar-refractivity contribution in [2.45, 2.75) is 20.3 Å². The zero-order valence-electron chi connectivity index (χ0n) is 9.97. The van der Waals surface area contributed by atoms with Gasteiger partial charge in [0, 0.05) is 17.1 Å². The van der Waals surface area contributed by atoms with E-state index in [-0.39, 0.29) is 0 Å². The van der Waals surface area contributed by atoms with Crippen molar-refractivity contribution in [2.75, 3.05) is 7.11 Å². The van der Waals surface area contributed by atoms with Gasteiger partial charge in [0.1, 0.15) is 5.75 Å². The first kappa shape index (κ1) is 12.5. The number of hydrogen-bond donors (Lipinski definition) is 0. The highest BCUT2D eigenvalue weighted by atomic mass is 35.5. The van der Waals surface area contributed by atoms with E-state index < -0.39 is 0 Å². The fourth-order valence-electron chi connectivity index (χ4n) is 1.95. The summed E-state index contributed by atoms with van der Waals surface area (Å²) in [7, 11) is 1.59. The quantitative estimate of drug-likeness (QED) is 0.805. The minimum atomic E-state index is 0.551. The molecule has 1 aromatic heterocycles. The molecule has 0 bridgehead atoms. The molecule has 17 heavy (non-hydrogen) atoms. The van der Waals surface area contributed by atoms with Crippen LogP contribution in [-0.4, -0.2) is 12.1 Å². The number of aryl methyl sites for hydroxylation is 1. The predicted molar refractivity (Wildman–Crippen MR) is 72.4 cm³/mol. The summed E-state index contributed by atoms with van der Waals surface area (Å²) in [6.07, 6.45) is 0.858. The van der Waals surface area contributed by atoms with E-state index in [9.17, 15) is 0 Å². The molecule has 0 spiro atoms. The Balaban J connectivity index is 2.82. The molecule has 0 fully saturated rings. The number of ether oxygens (including phenoxy) is 1. The van der Waals surface area contributed by atoms with Gasteiger partial charge in [0.2, 0.25) is 0 Å². The van der Waals surface area contributed by atoms with Crippen molar-refractivity contribution >= 4 is 34.1 Å². The molecule has 0 aliphatic rings. The van der Waals surface area contributed by atoms with Crippen LogP contribution in [0.4, 0.5) is 0 Å². The number of pyridine rings is 1. The van der Waals surface area contributed by atoms with Gasteiger partial charge in [-0.3, -0.25) is 4.98 Å². The molecule has 2 aromatic rings. The molecule has 0 saturated heterocycles. The zero-order valence-corrected chi connectivity index (χ0v) is 11.5. The molecule has 0 saturated carbocycles. The van der Waals surface area contributed by atoms with Crippen LogP contribution < -0.4 is 4.74 Å². The summed E-state index contributed by atoms with van der Waals surface area (Å²) in [5.41, 5.74) is 2.83. The van der Waals surface area contributed by atoms with E-state index >= 15 is 0 Å². The number of rotatable bonds is 2. The minimum absolute atomic E-state index is 0.551. The maximum absolute atomic E-state index is 6.38. The lowest BCUT2D eigenvalue weighted by atomic mass is 10.1. The number of methoxy groups -OCH3 is 1. The Labute approximate surface area is 111 Å². The van der Waals surface area contributed by atoms with Crippen LogP contribution in [0.1, 0.15) is 18.2 Å². The van der Waals surface area contributed by atoms with Gasteiger partial charge >= 0.3 is 0 Å². The van der Waals surface area contributed by atoms with Gasteiger partial charge in [-0.25, -0.2) is 0 Å². The minimum Gasteiger partial charge on any atom is -0.495 e. The maximum atomic E-state index is 6.38. The van der Waals surface area contributed by atoms with Crippen molar-refractivity contribution in [2.24, 2.45) is 0 Å². The molecule has 1 aromatic carbocycles. The summed E-state index contributed by atoms with van der Waals surface area (Å²) < 4.78 is 5.17. The smallest absolute Gasteiger partial charge is 0.139 e. The van der Waals surface area contributed by atoms with Gasteiger partial charge in [0.25, 0.3) is 0 Å². The van der Waals surface area contributed by atoms with Crippen molar-refractivity contribution in [1.82, 2.24) is 4.98 Å². The average Bonchev–Trinajstić information content (AvgIpc) is 2.30. The molecule has 0 amide bonds. The topological polar surface area (TPSA) is 22.1 Å². The summed E-state index contributed by atoms with van der Waals surface area (Å²) in [5.74, 6) is 0.617. The Bertz CT molecular complexity index is 581. The third-order valence-corrected chi connectivity index (χ3v) is 3.58. The van der Waals surface area contributed by atoms with Gasteiger partial charge in [0.05, 0.1) is 22.7 Å². The highest BCUT2D eigenvalue weighted by Gasteiger charge is 2.12. The fraction of sp³-hybridized carbons (Fsp3) is 0.308. The molecule has 0 aliphatic carbocycles. The van der Waals surface area contributed by atoms with Crippen LogP contribution in [0.25, 0.3) is 10.9 Å². The summed E-state index contributed by atoms with van der Waals surface area (Å²) in [5, 5.41) is 2.16. The first-order chi connectivity index (χ1) is 8.08. The SMILES string of the molecule is CCc1c(C)nc2cc(OC)c(Cl)cc2c1Cl. The number of halogens is 2. The summed E-state index contributed by atoms with van der Waals surface area (Å²) in [4.78, 5) is 4.53.